The molecule has 0 bridgehead atoms. The van der Waals surface area contributed by atoms with Crippen LogP contribution in [0, 0.1) is 0 Å². The Balaban J connectivity index is 2.68. The van der Waals surface area contributed by atoms with Gasteiger partial charge in [0.2, 0.25) is 5.91 Å². The Hall–Kier alpha value is -1.88. The summed E-state index contributed by atoms with van der Waals surface area (Å²) in [6.45, 7) is 4.19. The van der Waals surface area contributed by atoms with Gasteiger partial charge >= 0.3 is 0 Å². The molecular formula is C14H21N3O2. The Bertz CT molecular complexity index is 458. The number of carbonyl (C=O) groups excluding carboxylic acids is 2. The minimum atomic E-state index is -0.186. The highest BCUT2D eigenvalue weighted by Gasteiger charge is 2.15. The third kappa shape index (κ3) is 4.71. The first-order valence-corrected chi connectivity index (χ1v) is 6.28. The summed E-state index contributed by atoms with van der Waals surface area (Å²) in [7, 11) is 1.61. The van der Waals surface area contributed by atoms with Crippen molar-refractivity contribution in [2.45, 2.75) is 26.4 Å². The summed E-state index contributed by atoms with van der Waals surface area (Å²) in [5.74, 6) is -0.352. The topological polar surface area (TPSA) is 75.4 Å². The van der Waals surface area contributed by atoms with Gasteiger partial charge in [0, 0.05) is 25.2 Å². The van der Waals surface area contributed by atoms with Crippen molar-refractivity contribution < 1.29 is 9.59 Å². The predicted molar refractivity (Wildman–Crippen MR) is 74.6 cm³/mol. The van der Waals surface area contributed by atoms with Crippen molar-refractivity contribution in [3.63, 3.8) is 0 Å². The molecule has 1 aromatic rings. The van der Waals surface area contributed by atoms with E-state index in [0.29, 0.717) is 12.1 Å². The van der Waals surface area contributed by atoms with Crippen LogP contribution in [-0.4, -0.2) is 36.3 Å². The Morgan fingerprint density at radius 3 is 2.63 bits per heavy atom. The number of likely N-dealkylation sites (N-methyl/N-ethyl adjacent to an activating group) is 1. The maximum atomic E-state index is 12.1. The minimum absolute atomic E-state index is 0.0455. The molecular weight excluding hydrogens is 242 g/mol. The molecule has 0 saturated carbocycles. The van der Waals surface area contributed by atoms with Crippen LogP contribution in [0.15, 0.2) is 24.3 Å². The Morgan fingerprint density at radius 1 is 1.37 bits per heavy atom. The van der Waals surface area contributed by atoms with E-state index in [2.05, 4.69) is 5.32 Å². The zero-order chi connectivity index (χ0) is 14.4. The lowest BCUT2D eigenvalue weighted by molar-refractivity contribution is -0.122. The molecule has 2 amide bonds. The normalized spacial score (nSPS) is 10.4. The molecule has 19 heavy (non-hydrogen) atoms. The van der Waals surface area contributed by atoms with E-state index < -0.39 is 0 Å². The molecule has 0 aliphatic carbocycles. The summed E-state index contributed by atoms with van der Waals surface area (Å²) >= 11 is 0. The molecule has 0 unspecified atom stereocenters. The molecule has 5 heteroatoms. The van der Waals surface area contributed by atoms with E-state index in [1.165, 1.54) is 4.90 Å². The van der Waals surface area contributed by atoms with E-state index in [1.54, 1.807) is 25.2 Å². The highest BCUT2D eigenvalue weighted by Crippen LogP contribution is 2.07. The van der Waals surface area contributed by atoms with Gasteiger partial charge in [-0.05, 0) is 31.5 Å². The zero-order valence-corrected chi connectivity index (χ0v) is 11.6. The van der Waals surface area contributed by atoms with Gasteiger partial charge in [0.25, 0.3) is 5.91 Å². The van der Waals surface area contributed by atoms with Gasteiger partial charge in [0.1, 0.15) is 0 Å². The van der Waals surface area contributed by atoms with E-state index in [1.807, 2.05) is 19.9 Å². The first-order chi connectivity index (χ1) is 8.93. The fourth-order valence-corrected chi connectivity index (χ4v) is 1.71. The number of amides is 2. The second kappa shape index (κ2) is 6.89. The summed E-state index contributed by atoms with van der Waals surface area (Å²) in [6, 6.07) is 7.19. The summed E-state index contributed by atoms with van der Waals surface area (Å²) in [6.07, 6.45) is 0. The van der Waals surface area contributed by atoms with Crippen LogP contribution in [0.5, 0.6) is 0 Å². The van der Waals surface area contributed by atoms with Crippen molar-refractivity contribution in [2.75, 3.05) is 13.6 Å². The first kappa shape index (κ1) is 15.2. The minimum Gasteiger partial charge on any atom is -0.352 e. The fraction of sp³-hybridized carbons (Fsp3) is 0.429. The van der Waals surface area contributed by atoms with Crippen LogP contribution in [-0.2, 0) is 11.3 Å². The number of hydrogen-bond donors (Lipinski definition) is 2. The Labute approximate surface area is 113 Å². The molecule has 0 aliphatic heterocycles. The quantitative estimate of drug-likeness (QED) is 0.823. The van der Waals surface area contributed by atoms with Crippen LogP contribution in [0.3, 0.4) is 0 Å². The molecule has 104 valence electrons. The summed E-state index contributed by atoms with van der Waals surface area (Å²) in [4.78, 5) is 25.1. The molecule has 0 fully saturated rings. The van der Waals surface area contributed by atoms with Gasteiger partial charge in [-0.3, -0.25) is 9.59 Å². The lowest BCUT2D eigenvalue weighted by Gasteiger charge is -2.18. The van der Waals surface area contributed by atoms with Gasteiger partial charge in [-0.2, -0.15) is 0 Å². The fourth-order valence-electron chi connectivity index (χ4n) is 1.71. The lowest BCUT2D eigenvalue weighted by Crippen LogP contribution is -2.40. The van der Waals surface area contributed by atoms with E-state index in [9.17, 15) is 9.59 Å². The largest absolute Gasteiger partial charge is 0.352 e. The van der Waals surface area contributed by atoms with Crippen LogP contribution in [0.2, 0.25) is 0 Å². The van der Waals surface area contributed by atoms with Gasteiger partial charge in [-0.15, -0.1) is 0 Å². The molecule has 5 nitrogen and oxygen atoms in total. The molecule has 0 heterocycles. The van der Waals surface area contributed by atoms with Crippen molar-refractivity contribution in [1.82, 2.24) is 10.2 Å². The van der Waals surface area contributed by atoms with Crippen LogP contribution in [0.1, 0.15) is 29.8 Å². The second-order valence-corrected chi connectivity index (χ2v) is 4.79. The van der Waals surface area contributed by atoms with Crippen molar-refractivity contribution in [1.29, 1.82) is 0 Å². The lowest BCUT2D eigenvalue weighted by atomic mass is 10.1. The Kier molecular flexibility index (Phi) is 5.51. The number of nitrogens with one attached hydrogen (secondary N) is 1. The van der Waals surface area contributed by atoms with E-state index in [4.69, 9.17) is 5.73 Å². The number of nitrogens with zero attached hydrogens (tertiary/aromatic N) is 1. The summed E-state index contributed by atoms with van der Waals surface area (Å²) in [5, 5.41) is 2.75. The van der Waals surface area contributed by atoms with Gasteiger partial charge < -0.3 is 16.0 Å². The monoisotopic (exact) mass is 263 g/mol. The van der Waals surface area contributed by atoms with Gasteiger partial charge in [-0.1, -0.05) is 12.1 Å². The van der Waals surface area contributed by atoms with Gasteiger partial charge in [0.05, 0.1) is 6.54 Å². The maximum Gasteiger partial charge on any atom is 0.254 e. The average Bonchev–Trinajstić information content (AvgIpc) is 2.36. The summed E-state index contributed by atoms with van der Waals surface area (Å²) < 4.78 is 0. The Morgan fingerprint density at radius 2 is 2.05 bits per heavy atom. The SMILES string of the molecule is CC(C)NC(=O)CN(C)C(=O)c1cccc(CN)c1. The second-order valence-electron chi connectivity index (χ2n) is 4.79. The van der Waals surface area contributed by atoms with Crippen LogP contribution in [0.25, 0.3) is 0 Å². The van der Waals surface area contributed by atoms with Crippen molar-refractivity contribution in [3.05, 3.63) is 35.4 Å². The molecule has 0 aliphatic rings. The van der Waals surface area contributed by atoms with E-state index >= 15 is 0 Å². The number of nitrogens with two attached hydrogens (primary N) is 1. The van der Waals surface area contributed by atoms with Crippen LogP contribution < -0.4 is 11.1 Å². The third-order valence-corrected chi connectivity index (χ3v) is 2.59. The number of hydrogen-bond acceptors (Lipinski definition) is 3. The van der Waals surface area contributed by atoms with E-state index in [-0.39, 0.29) is 24.4 Å². The van der Waals surface area contributed by atoms with Crippen molar-refractivity contribution >= 4 is 11.8 Å². The third-order valence-electron chi connectivity index (χ3n) is 2.59. The maximum absolute atomic E-state index is 12.1. The van der Waals surface area contributed by atoms with Crippen molar-refractivity contribution in [3.8, 4) is 0 Å². The van der Waals surface area contributed by atoms with Crippen molar-refractivity contribution in [2.24, 2.45) is 5.73 Å². The van der Waals surface area contributed by atoms with Gasteiger partial charge in [-0.25, -0.2) is 0 Å². The summed E-state index contributed by atoms with van der Waals surface area (Å²) in [5.41, 5.74) is 6.98. The first-order valence-electron chi connectivity index (χ1n) is 6.28. The van der Waals surface area contributed by atoms with Crippen LogP contribution >= 0.6 is 0 Å². The zero-order valence-electron chi connectivity index (χ0n) is 11.6. The van der Waals surface area contributed by atoms with Crippen LogP contribution in [0.4, 0.5) is 0 Å². The smallest absolute Gasteiger partial charge is 0.254 e. The highest BCUT2D eigenvalue weighted by atomic mass is 16.2. The molecule has 1 rings (SSSR count). The molecule has 0 spiro atoms. The molecule has 0 radical (unpaired) electrons. The molecule has 0 aromatic heterocycles. The van der Waals surface area contributed by atoms with Gasteiger partial charge in [0.15, 0.2) is 0 Å². The standard InChI is InChI=1S/C14H21N3O2/c1-10(2)16-13(18)9-17(3)14(19)12-6-4-5-11(7-12)8-15/h4-7,10H,8-9,15H2,1-3H3,(H,16,18). The average molecular weight is 263 g/mol. The van der Waals surface area contributed by atoms with E-state index in [0.717, 1.165) is 5.56 Å². The number of benzene rings is 1. The predicted octanol–water partition coefficient (Wildman–Crippen LogP) is 0.742. The molecule has 0 atom stereocenters. The number of carbonyl (C=O) groups is 2. The number of rotatable bonds is 5. The molecule has 3 N–H and O–H groups in total. The molecule has 1 aromatic carbocycles. The molecule has 0 saturated heterocycles. The highest BCUT2D eigenvalue weighted by molar-refractivity contribution is 5.96.